The van der Waals surface area contributed by atoms with E-state index in [9.17, 15) is 14.9 Å². The molecule has 2 aliphatic heterocycles. The number of rotatable bonds is 4. The minimum absolute atomic E-state index is 0. The lowest BCUT2D eigenvalue weighted by molar-refractivity contribution is -0.384. The molecule has 2 heterocycles. The lowest BCUT2D eigenvalue weighted by atomic mass is 9.92. The number of nitro benzene ring substituents is 1. The van der Waals surface area contributed by atoms with Crippen molar-refractivity contribution in [3.8, 4) is 0 Å². The summed E-state index contributed by atoms with van der Waals surface area (Å²) in [4.78, 5) is 25.9. The normalized spacial score (nSPS) is 24.0. The molecule has 25 heavy (non-hydrogen) atoms. The highest BCUT2D eigenvalue weighted by Gasteiger charge is 2.32. The van der Waals surface area contributed by atoms with Gasteiger partial charge in [0.15, 0.2) is 0 Å². The van der Waals surface area contributed by atoms with Crippen molar-refractivity contribution in [2.45, 2.75) is 29.9 Å². The minimum atomic E-state index is -0.411. The standard InChI is InChI=1S/C17H23N3O3S.ClH/c1-12(24-16-4-2-15(3-5-16)20(22)23)17(21)19-8-6-13-10-18-11-14(13)7-9-19;/h2-5,12-14,18H,6-11H2,1H3;1H/t12?,13-,14+;. The number of hydrogen-bond acceptors (Lipinski definition) is 5. The zero-order chi connectivity index (χ0) is 17.1. The number of nitro groups is 1. The summed E-state index contributed by atoms with van der Waals surface area (Å²) in [6.07, 6.45) is 2.16. The van der Waals surface area contributed by atoms with E-state index in [-0.39, 0.29) is 29.3 Å². The quantitative estimate of drug-likeness (QED) is 0.490. The second kappa shape index (κ2) is 8.87. The van der Waals surface area contributed by atoms with Gasteiger partial charge in [-0.15, -0.1) is 24.2 Å². The average Bonchev–Trinajstić information content (AvgIpc) is 2.93. The van der Waals surface area contributed by atoms with Crippen LogP contribution in [0.25, 0.3) is 0 Å². The summed E-state index contributed by atoms with van der Waals surface area (Å²) in [5, 5.41) is 14.0. The van der Waals surface area contributed by atoms with E-state index in [1.54, 1.807) is 12.1 Å². The van der Waals surface area contributed by atoms with Gasteiger partial charge in [-0.25, -0.2) is 0 Å². The molecular weight excluding hydrogens is 362 g/mol. The van der Waals surface area contributed by atoms with E-state index in [2.05, 4.69) is 5.32 Å². The number of non-ortho nitro benzene ring substituents is 1. The van der Waals surface area contributed by atoms with Gasteiger partial charge in [0.1, 0.15) is 0 Å². The van der Waals surface area contributed by atoms with Crippen LogP contribution in [0.5, 0.6) is 0 Å². The largest absolute Gasteiger partial charge is 0.342 e. The van der Waals surface area contributed by atoms with Crippen molar-refractivity contribution in [2.75, 3.05) is 26.2 Å². The Morgan fingerprint density at radius 1 is 1.24 bits per heavy atom. The predicted octanol–water partition coefficient (Wildman–Crippen LogP) is 2.96. The Hall–Kier alpha value is -1.31. The summed E-state index contributed by atoms with van der Waals surface area (Å²) >= 11 is 1.47. The molecule has 1 unspecified atom stereocenters. The first-order chi connectivity index (χ1) is 11.5. The van der Waals surface area contributed by atoms with Crippen LogP contribution in [0, 0.1) is 22.0 Å². The molecule has 1 amide bonds. The molecule has 2 fully saturated rings. The maximum absolute atomic E-state index is 12.7. The molecule has 0 spiro atoms. The number of halogens is 1. The van der Waals surface area contributed by atoms with Gasteiger partial charge in [-0.05, 0) is 56.8 Å². The van der Waals surface area contributed by atoms with E-state index in [4.69, 9.17) is 0 Å². The summed E-state index contributed by atoms with van der Waals surface area (Å²) in [6.45, 7) is 5.76. The molecule has 2 saturated heterocycles. The van der Waals surface area contributed by atoms with Gasteiger partial charge in [0, 0.05) is 30.1 Å². The van der Waals surface area contributed by atoms with E-state index in [0.717, 1.165) is 43.9 Å². The number of fused-ring (bicyclic) bond motifs is 1. The van der Waals surface area contributed by atoms with Crippen LogP contribution in [0.15, 0.2) is 29.2 Å². The highest BCUT2D eigenvalue weighted by Crippen LogP contribution is 2.30. The topological polar surface area (TPSA) is 75.5 Å². The lowest BCUT2D eigenvalue weighted by Crippen LogP contribution is -2.37. The molecule has 2 aliphatic rings. The number of carbonyl (C=O) groups excluding carboxylic acids is 1. The zero-order valence-corrected chi connectivity index (χ0v) is 15.9. The van der Waals surface area contributed by atoms with E-state index in [1.165, 1.54) is 23.9 Å². The summed E-state index contributed by atoms with van der Waals surface area (Å²) < 4.78 is 0. The Balaban J connectivity index is 0.00000225. The summed E-state index contributed by atoms with van der Waals surface area (Å²) in [5.41, 5.74) is 0.0750. The first-order valence-corrected chi connectivity index (χ1v) is 9.33. The van der Waals surface area contributed by atoms with Gasteiger partial charge in [-0.3, -0.25) is 14.9 Å². The Kier molecular flexibility index (Phi) is 7.10. The Morgan fingerprint density at radius 2 is 1.80 bits per heavy atom. The number of nitrogens with one attached hydrogen (secondary N) is 1. The number of hydrogen-bond donors (Lipinski definition) is 1. The Bertz CT molecular complexity index is 600. The second-order valence-corrected chi connectivity index (χ2v) is 8.01. The van der Waals surface area contributed by atoms with Gasteiger partial charge in [0.25, 0.3) is 5.69 Å². The van der Waals surface area contributed by atoms with Crippen molar-refractivity contribution in [3.63, 3.8) is 0 Å². The molecule has 1 aromatic rings. The van der Waals surface area contributed by atoms with Gasteiger partial charge in [-0.2, -0.15) is 0 Å². The monoisotopic (exact) mass is 385 g/mol. The van der Waals surface area contributed by atoms with Crippen molar-refractivity contribution < 1.29 is 9.72 Å². The van der Waals surface area contributed by atoms with Crippen molar-refractivity contribution >= 4 is 35.8 Å². The fraction of sp³-hybridized carbons (Fsp3) is 0.588. The van der Waals surface area contributed by atoms with Crippen LogP contribution in [0.3, 0.4) is 0 Å². The van der Waals surface area contributed by atoms with Crippen LogP contribution in [0.1, 0.15) is 19.8 Å². The molecule has 1 N–H and O–H groups in total. The van der Waals surface area contributed by atoms with Crippen LogP contribution in [0.4, 0.5) is 5.69 Å². The van der Waals surface area contributed by atoms with E-state index in [1.807, 2.05) is 11.8 Å². The third-order valence-electron chi connectivity index (χ3n) is 5.04. The molecule has 1 aromatic carbocycles. The van der Waals surface area contributed by atoms with E-state index in [0.29, 0.717) is 11.8 Å². The van der Waals surface area contributed by atoms with Crippen LogP contribution < -0.4 is 5.32 Å². The van der Waals surface area contributed by atoms with E-state index >= 15 is 0 Å². The smallest absolute Gasteiger partial charge is 0.269 e. The molecule has 0 radical (unpaired) electrons. The fourth-order valence-electron chi connectivity index (χ4n) is 3.60. The Morgan fingerprint density at radius 3 is 2.32 bits per heavy atom. The van der Waals surface area contributed by atoms with Crippen LogP contribution in [-0.2, 0) is 4.79 Å². The van der Waals surface area contributed by atoms with Crippen LogP contribution in [-0.4, -0.2) is 47.2 Å². The molecular formula is C17H24ClN3O3S. The summed E-state index contributed by atoms with van der Waals surface area (Å²) in [7, 11) is 0. The number of nitrogens with zero attached hydrogens (tertiary/aromatic N) is 2. The first kappa shape index (κ1) is 20.0. The maximum Gasteiger partial charge on any atom is 0.269 e. The lowest BCUT2D eigenvalue weighted by Gasteiger charge is -2.24. The third-order valence-corrected chi connectivity index (χ3v) is 6.14. The molecule has 3 rings (SSSR count). The summed E-state index contributed by atoms with van der Waals surface area (Å²) in [6, 6.07) is 6.40. The average molecular weight is 386 g/mol. The first-order valence-electron chi connectivity index (χ1n) is 8.45. The number of benzene rings is 1. The van der Waals surface area contributed by atoms with Gasteiger partial charge >= 0.3 is 0 Å². The molecule has 0 bridgehead atoms. The van der Waals surface area contributed by atoms with Gasteiger partial charge in [-0.1, -0.05) is 0 Å². The fourth-order valence-corrected chi connectivity index (χ4v) is 4.55. The molecule has 3 atom stereocenters. The van der Waals surface area contributed by atoms with E-state index < -0.39 is 4.92 Å². The minimum Gasteiger partial charge on any atom is -0.342 e. The zero-order valence-electron chi connectivity index (χ0n) is 14.2. The maximum atomic E-state index is 12.7. The van der Waals surface area contributed by atoms with Gasteiger partial charge < -0.3 is 10.2 Å². The van der Waals surface area contributed by atoms with Crippen LogP contribution in [0.2, 0.25) is 0 Å². The molecule has 8 heteroatoms. The van der Waals surface area contributed by atoms with Crippen molar-refractivity contribution in [2.24, 2.45) is 11.8 Å². The SMILES string of the molecule is CC(Sc1ccc([N+](=O)[O-])cc1)C(=O)N1CC[C@@H]2CNC[C@@H]2CC1.Cl. The molecule has 0 saturated carbocycles. The second-order valence-electron chi connectivity index (χ2n) is 6.59. The van der Waals surface area contributed by atoms with Crippen molar-refractivity contribution in [1.29, 1.82) is 0 Å². The molecule has 0 aliphatic carbocycles. The number of amides is 1. The van der Waals surface area contributed by atoms with Crippen molar-refractivity contribution in [3.05, 3.63) is 34.4 Å². The predicted molar refractivity (Wildman–Crippen MR) is 101 cm³/mol. The van der Waals surface area contributed by atoms with Crippen molar-refractivity contribution in [1.82, 2.24) is 10.2 Å². The molecule has 6 nitrogen and oxygen atoms in total. The van der Waals surface area contributed by atoms with Crippen LogP contribution >= 0.6 is 24.2 Å². The number of thioether (sulfide) groups is 1. The summed E-state index contributed by atoms with van der Waals surface area (Å²) in [5.74, 6) is 1.59. The van der Waals surface area contributed by atoms with Gasteiger partial charge in [0.05, 0.1) is 10.2 Å². The molecule has 0 aromatic heterocycles. The van der Waals surface area contributed by atoms with Gasteiger partial charge in [0.2, 0.25) is 5.91 Å². The number of likely N-dealkylation sites (tertiary alicyclic amines) is 1. The highest BCUT2D eigenvalue weighted by molar-refractivity contribution is 8.00. The number of carbonyl (C=O) groups is 1. The third kappa shape index (κ3) is 4.86. The highest BCUT2D eigenvalue weighted by atomic mass is 35.5. The Labute approximate surface area is 158 Å². The molecule has 138 valence electrons.